The molecule has 0 radical (unpaired) electrons. The topological polar surface area (TPSA) is 28.2 Å². The maximum absolute atomic E-state index is 5.66. The Morgan fingerprint density at radius 1 is 0.595 bits per heavy atom. The van der Waals surface area contributed by atoms with E-state index in [-0.39, 0.29) is 13.2 Å². The molecule has 5 aliphatic heterocycles. The number of nitrogens with zero attached hydrogens (tertiary/aromatic N) is 3. The van der Waals surface area contributed by atoms with E-state index in [0.29, 0.717) is 10.1 Å². The van der Waals surface area contributed by atoms with Crippen molar-refractivity contribution in [2.45, 2.75) is 122 Å². The van der Waals surface area contributed by atoms with Gasteiger partial charge in [0.15, 0.2) is 5.79 Å². The Hall–Kier alpha value is 0.500. The fourth-order valence-electron chi connectivity index (χ4n) is 6.42. The van der Waals surface area contributed by atoms with Crippen LogP contribution < -0.4 is 0 Å². The molecular formula is C30H59N3O2S2. The minimum atomic E-state index is -0.203. The Bertz CT molecular complexity index is 656. The summed E-state index contributed by atoms with van der Waals surface area (Å²) >= 11 is 4.43. The zero-order chi connectivity index (χ0) is 25.8. The van der Waals surface area contributed by atoms with Crippen molar-refractivity contribution in [2.24, 2.45) is 5.41 Å². The summed E-state index contributed by atoms with van der Waals surface area (Å²) in [7, 11) is 0. The molecule has 0 amide bonds. The van der Waals surface area contributed by atoms with Crippen molar-refractivity contribution in [1.29, 1.82) is 0 Å². The molecule has 1 aliphatic carbocycles. The third-order valence-corrected chi connectivity index (χ3v) is 12.7. The van der Waals surface area contributed by atoms with Crippen LogP contribution in [-0.4, -0.2) is 107 Å². The number of hydrogen-bond donors (Lipinski definition) is 0. The van der Waals surface area contributed by atoms with Crippen LogP contribution in [0.4, 0.5) is 0 Å². The van der Waals surface area contributed by atoms with Crippen LogP contribution in [0.25, 0.3) is 0 Å². The Balaban J connectivity index is 0.000000153. The quantitative estimate of drug-likeness (QED) is 0.395. The van der Waals surface area contributed by atoms with E-state index < -0.39 is 0 Å². The average molecular weight is 558 g/mol. The lowest BCUT2D eigenvalue weighted by Gasteiger charge is -2.57. The van der Waals surface area contributed by atoms with E-state index in [0.717, 1.165) is 56.6 Å². The van der Waals surface area contributed by atoms with Gasteiger partial charge in [0.05, 0.1) is 17.3 Å². The van der Waals surface area contributed by atoms with Crippen LogP contribution in [0.5, 0.6) is 0 Å². The van der Waals surface area contributed by atoms with Gasteiger partial charge in [-0.2, -0.15) is 0 Å². The van der Waals surface area contributed by atoms with Gasteiger partial charge in [-0.25, -0.2) is 0 Å². The minimum Gasteiger partial charge on any atom is -0.347 e. The summed E-state index contributed by atoms with van der Waals surface area (Å²) < 4.78 is 11.9. The normalized spacial score (nSPS) is 28.5. The summed E-state index contributed by atoms with van der Waals surface area (Å²) in [6.45, 7) is 22.9. The summed E-state index contributed by atoms with van der Waals surface area (Å²) in [4.78, 5) is 7.70. The molecule has 6 rings (SSSR count). The maximum Gasteiger partial charge on any atom is 0.170 e. The number of thioether (sulfide) groups is 2. The zero-order valence-electron chi connectivity index (χ0n) is 24.2. The Labute approximate surface area is 238 Å². The monoisotopic (exact) mass is 557 g/mol. The van der Waals surface area contributed by atoms with E-state index in [9.17, 15) is 0 Å². The van der Waals surface area contributed by atoms with Crippen molar-refractivity contribution < 1.29 is 9.47 Å². The fourth-order valence-corrected chi connectivity index (χ4v) is 9.74. The molecule has 6 fully saturated rings. The molecule has 0 atom stereocenters. The van der Waals surface area contributed by atoms with Gasteiger partial charge < -0.3 is 14.4 Å². The summed E-state index contributed by atoms with van der Waals surface area (Å²) in [6.07, 6.45) is 9.40. The first kappa shape index (κ1) is 32.0. The molecule has 37 heavy (non-hydrogen) atoms. The van der Waals surface area contributed by atoms with Gasteiger partial charge in [-0.3, -0.25) is 9.80 Å². The highest BCUT2D eigenvalue weighted by Crippen LogP contribution is 2.49. The summed E-state index contributed by atoms with van der Waals surface area (Å²) in [5.41, 5.74) is 0.824. The van der Waals surface area contributed by atoms with Gasteiger partial charge in [-0.05, 0) is 84.1 Å². The van der Waals surface area contributed by atoms with Crippen LogP contribution >= 0.6 is 23.5 Å². The lowest BCUT2D eigenvalue weighted by atomic mass is 9.63. The van der Waals surface area contributed by atoms with Gasteiger partial charge in [0.1, 0.15) is 0 Å². The number of piperidine rings is 1. The van der Waals surface area contributed by atoms with E-state index in [2.05, 4.69) is 79.8 Å². The van der Waals surface area contributed by atoms with Gasteiger partial charge >= 0.3 is 0 Å². The molecule has 0 N–H and O–H groups in total. The van der Waals surface area contributed by atoms with E-state index in [1.807, 2.05) is 0 Å². The van der Waals surface area contributed by atoms with Crippen molar-refractivity contribution in [3.05, 3.63) is 0 Å². The standard InChI is InChI=1S/C10H19NO2.C10H19NS2.C9H17N.CH4/c1-9(2)11-5-3-10(4-6-11)12-7-8-13-10;1-9(2)11-5-4-10(8-11)12-6-3-7-13-10;1-8(2)10-6-9(7-10)4-3-5-9;/h2*9H,3-8H2,1-2H3;8H,3-7H2,1-2H3;1H4. The van der Waals surface area contributed by atoms with Gasteiger partial charge in [-0.1, -0.05) is 13.8 Å². The van der Waals surface area contributed by atoms with Gasteiger partial charge in [0.2, 0.25) is 0 Å². The van der Waals surface area contributed by atoms with Crippen LogP contribution in [0.15, 0.2) is 0 Å². The van der Waals surface area contributed by atoms with E-state index in [1.165, 1.54) is 69.8 Å². The second kappa shape index (κ2) is 13.9. The van der Waals surface area contributed by atoms with E-state index in [1.54, 1.807) is 0 Å². The van der Waals surface area contributed by atoms with Crippen LogP contribution in [0.3, 0.4) is 0 Å². The lowest BCUT2D eigenvalue weighted by molar-refractivity contribution is -0.187. The summed E-state index contributed by atoms with van der Waals surface area (Å²) in [6, 6.07) is 2.17. The van der Waals surface area contributed by atoms with Gasteiger partial charge in [-0.15, -0.1) is 23.5 Å². The predicted molar refractivity (Wildman–Crippen MR) is 164 cm³/mol. The number of likely N-dealkylation sites (tertiary alicyclic amines) is 3. The van der Waals surface area contributed by atoms with Gasteiger partial charge in [0.25, 0.3) is 0 Å². The Morgan fingerprint density at radius 2 is 1.11 bits per heavy atom. The molecule has 5 nitrogen and oxygen atoms in total. The molecule has 218 valence electrons. The van der Waals surface area contributed by atoms with Crippen molar-refractivity contribution >= 4 is 23.5 Å². The number of rotatable bonds is 3. The van der Waals surface area contributed by atoms with Crippen molar-refractivity contribution in [3.63, 3.8) is 0 Å². The second-order valence-corrected chi connectivity index (χ2v) is 16.1. The van der Waals surface area contributed by atoms with Gasteiger partial charge in [0, 0.05) is 70.2 Å². The largest absolute Gasteiger partial charge is 0.347 e. The van der Waals surface area contributed by atoms with E-state index in [4.69, 9.17) is 9.47 Å². The van der Waals surface area contributed by atoms with Crippen LogP contribution in [-0.2, 0) is 9.47 Å². The summed E-state index contributed by atoms with van der Waals surface area (Å²) in [5, 5.41) is 0. The highest BCUT2D eigenvalue weighted by Gasteiger charge is 2.47. The molecule has 0 aromatic heterocycles. The molecule has 0 aromatic rings. The average Bonchev–Trinajstić information content (AvgIpc) is 3.41. The minimum absolute atomic E-state index is 0. The molecule has 5 saturated heterocycles. The third-order valence-electron chi connectivity index (χ3n) is 9.30. The number of hydrogen-bond acceptors (Lipinski definition) is 7. The molecule has 5 heterocycles. The van der Waals surface area contributed by atoms with Crippen LogP contribution in [0.2, 0.25) is 0 Å². The fraction of sp³-hybridized carbons (Fsp3) is 1.00. The van der Waals surface area contributed by atoms with Crippen LogP contribution in [0, 0.1) is 5.41 Å². The first-order valence-electron chi connectivity index (χ1n) is 14.9. The highest BCUT2D eigenvalue weighted by atomic mass is 32.2. The van der Waals surface area contributed by atoms with Crippen molar-refractivity contribution in [1.82, 2.24) is 14.7 Å². The molecular weight excluding hydrogens is 498 g/mol. The highest BCUT2D eigenvalue weighted by molar-refractivity contribution is 8.18. The third kappa shape index (κ3) is 8.27. The summed E-state index contributed by atoms with van der Waals surface area (Å²) in [5.74, 6) is 2.57. The second-order valence-electron chi connectivity index (χ2n) is 12.9. The van der Waals surface area contributed by atoms with Crippen molar-refractivity contribution in [2.75, 3.05) is 64.0 Å². The molecule has 0 aromatic carbocycles. The molecule has 1 saturated carbocycles. The Kier molecular flexibility index (Phi) is 12.0. The Morgan fingerprint density at radius 3 is 1.54 bits per heavy atom. The zero-order valence-corrected chi connectivity index (χ0v) is 25.9. The molecule has 0 unspecified atom stereocenters. The first-order chi connectivity index (χ1) is 17.2. The van der Waals surface area contributed by atoms with Crippen molar-refractivity contribution in [3.8, 4) is 0 Å². The molecule has 3 spiro atoms. The van der Waals surface area contributed by atoms with Crippen LogP contribution in [0.1, 0.15) is 93.9 Å². The smallest absolute Gasteiger partial charge is 0.170 e. The maximum atomic E-state index is 5.66. The first-order valence-corrected chi connectivity index (χ1v) is 16.9. The molecule has 7 heteroatoms. The molecule has 0 bridgehead atoms. The molecule has 6 aliphatic rings. The number of ether oxygens (including phenoxy) is 2. The lowest BCUT2D eigenvalue weighted by Crippen LogP contribution is -2.61. The SMILES string of the molecule is C.CC(C)N1CC2(CCC2)C1.CC(C)N1CCC2(C1)SCCCS2.CC(C)N1CCC2(CC1)OCCO2. The van der Waals surface area contributed by atoms with E-state index >= 15 is 0 Å². The predicted octanol–water partition coefficient (Wildman–Crippen LogP) is 6.42.